The molecule has 0 radical (unpaired) electrons. The van der Waals surface area contributed by atoms with Crippen LogP contribution in [0.15, 0.2) is 30.5 Å². The fourth-order valence-electron chi connectivity index (χ4n) is 3.04. The molecule has 0 aromatic carbocycles. The van der Waals surface area contributed by atoms with Gasteiger partial charge < -0.3 is 11.1 Å². The first-order valence-electron chi connectivity index (χ1n) is 8.81. The normalized spacial score (nSPS) is 14.6. The average molecular weight is 383 g/mol. The van der Waals surface area contributed by atoms with Crippen molar-refractivity contribution in [3.63, 3.8) is 0 Å². The Balaban J connectivity index is 1.69. The van der Waals surface area contributed by atoms with Gasteiger partial charge in [-0.15, -0.1) is 0 Å². The molecule has 0 bridgehead atoms. The summed E-state index contributed by atoms with van der Waals surface area (Å²) in [6, 6.07) is 5.91. The fourth-order valence-corrected chi connectivity index (χ4v) is 3.04. The molecule has 0 unspecified atom stereocenters. The molecular weight excluding hydrogens is 365 g/mol. The molecule has 10 heteroatoms. The molecule has 0 spiro atoms. The van der Waals surface area contributed by atoms with Crippen LogP contribution in [0.25, 0.3) is 11.3 Å². The van der Waals surface area contributed by atoms with Gasteiger partial charge in [0.15, 0.2) is 0 Å². The highest BCUT2D eigenvalue weighted by molar-refractivity contribution is 5.80. The van der Waals surface area contributed by atoms with E-state index in [9.17, 15) is 14.5 Å². The molecule has 3 heterocycles. The van der Waals surface area contributed by atoms with Crippen molar-refractivity contribution in [3.05, 3.63) is 57.8 Å². The van der Waals surface area contributed by atoms with E-state index in [1.807, 2.05) is 13.0 Å². The summed E-state index contributed by atoms with van der Waals surface area (Å²) in [6.07, 6.45) is 3.29. The molecule has 0 amide bonds. The van der Waals surface area contributed by atoms with Gasteiger partial charge in [0.05, 0.1) is 34.1 Å². The minimum atomic E-state index is -0.558. The second-order valence-corrected chi connectivity index (χ2v) is 6.80. The van der Waals surface area contributed by atoms with Crippen LogP contribution < -0.4 is 11.1 Å². The lowest BCUT2D eigenvalue weighted by molar-refractivity contribution is -0.383. The molecule has 0 saturated heterocycles. The molecule has 3 aromatic heterocycles. The summed E-state index contributed by atoms with van der Waals surface area (Å²) in [5.74, 6) is 0.135. The Kier molecular flexibility index (Phi) is 4.38. The highest BCUT2D eigenvalue weighted by Gasteiger charge is 2.29. The number of H-pyrrole nitrogens is 1. The van der Waals surface area contributed by atoms with Crippen LogP contribution >= 0.6 is 0 Å². The quantitative estimate of drug-likeness (QED) is 0.437. The number of aromatic amines is 1. The number of anilines is 2. The van der Waals surface area contributed by atoms with Crippen LogP contribution in [-0.4, -0.2) is 25.1 Å². The molecule has 1 aliphatic rings. The van der Waals surface area contributed by atoms with E-state index >= 15 is 0 Å². The predicted molar refractivity (Wildman–Crippen MR) is 101 cm³/mol. The summed E-state index contributed by atoms with van der Waals surface area (Å²) >= 11 is 0. The predicted octanol–water partition coefficient (Wildman–Crippen LogP) is 3.55. The maximum atomic E-state index is 13.1. The summed E-state index contributed by atoms with van der Waals surface area (Å²) in [4.78, 5) is 19.1. The van der Waals surface area contributed by atoms with Gasteiger partial charge in [-0.1, -0.05) is 0 Å². The van der Waals surface area contributed by atoms with Gasteiger partial charge in [0, 0.05) is 11.6 Å². The maximum absolute atomic E-state index is 13.1. The minimum Gasteiger partial charge on any atom is -0.378 e. The summed E-state index contributed by atoms with van der Waals surface area (Å²) in [5.41, 5.74) is 7.87. The van der Waals surface area contributed by atoms with E-state index in [4.69, 9.17) is 5.73 Å². The number of rotatable bonds is 6. The van der Waals surface area contributed by atoms with Gasteiger partial charge in [-0.2, -0.15) is 5.10 Å². The molecule has 9 nitrogen and oxygen atoms in total. The second-order valence-electron chi connectivity index (χ2n) is 6.80. The first-order chi connectivity index (χ1) is 13.4. The van der Waals surface area contributed by atoms with Crippen molar-refractivity contribution in [2.75, 3.05) is 11.1 Å². The van der Waals surface area contributed by atoms with Gasteiger partial charge >= 0.3 is 5.69 Å². The third-order valence-corrected chi connectivity index (χ3v) is 4.65. The average Bonchev–Trinajstić information content (AvgIpc) is 3.38. The number of nitro groups is 1. The lowest BCUT2D eigenvalue weighted by Gasteiger charge is -2.15. The van der Waals surface area contributed by atoms with E-state index in [0.29, 0.717) is 23.1 Å². The Hall–Kier alpha value is -3.56. The van der Waals surface area contributed by atoms with Crippen molar-refractivity contribution >= 4 is 17.3 Å². The summed E-state index contributed by atoms with van der Waals surface area (Å²) < 4.78 is 13.1. The van der Waals surface area contributed by atoms with Crippen LogP contribution in [0.2, 0.25) is 0 Å². The number of hydrogen-bond donors (Lipinski definition) is 3. The van der Waals surface area contributed by atoms with E-state index in [0.717, 1.165) is 24.7 Å². The van der Waals surface area contributed by atoms with Crippen molar-refractivity contribution in [2.24, 2.45) is 0 Å². The largest absolute Gasteiger partial charge is 0.378 e. The first-order valence-corrected chi connectivity index (χ1v) is 8.81. The van der Waals surface area contributed by atoms with Crippen molar-refractivity contribution in [1.82, 2.24) is 20.2 Å². The lowest BCUT2D eigenvalue weighted by atomic mass is 10.1. The molecule has 1 saturated carbocycles. The zero-order valence-electron chi connectivity index (χ0n) is 15.0. The second kappa shape index (κ2) is 6.87. The SMILES string of the molecule is C[C@H](Nc1cc(-c2cc(C3CC3)[nH]n2)c([N+](=O)[O-])c(N)n1)c1ccc(F)cn1. The number of aromatic nitrogens is 4. The number of nitrogens with two attached hydrogens (primary N) is 1. The Bertz CT molecular complexity index is 1030. The van der Waals surface area contributed by atoms with Gasteiger partial charge in [0.25, 0.3) is 0 Å². The van der Waals surface area contributed by atoms with Crippen LogP contribution in [0.5, 0.6) is 0 Å². The molecule has 4 rings (SSSR count). The number of hydrogen-bond acceptors (Lipinski definition) is 7. The third-order valence-electron chi connectivity index (χ3n) is 4.65. The van der Waals surface area contributed by atoms with Crippen molar-refractivity contribution in [1.29, 1.82) is 0 Å². The van der Waals surface area contributed by atoms with E-state index in [1.165, 1.54) is 6.07 Å². The molecule has 0 aliphatic heterocycles. The molecule has 1 aliphatic carbocycles. The Morgan fingerprint density at radius 2 is 2.18 bits per heavy atom. The highest BCUT2D eigenvalue weighted by atomic mass is 19.1. The topological polar surface area (TPSA) is 136 Å². The Labute approximate surface area is 159 Å². The zero-order valence-corrected chi connectivity index (χ0v) is 15.0. The summed E-state index contributed by atoms with van der Waals surface area (Å²) in [6.45, 7) is 1.82. The van der Waals surface area contributed by atoms with Crippen LogP contribution in [0.3, 0.4) is 0 Å². The zero-order chi connectivity index (χ0) is 19.8. The maximum Gasteiger partial charge on any atom is 0.320 e. The van der Waals surface area contributed by atoms with Gasteiger partial charge in [0.1, 0.15) is 11.6 Å². The van der Waals surface area contributed by atoms with E-state index in [2.05, 4.69) is 25.5 Å². The Morgan fingerprint density at radius 1 is 1.39 bits per heavy atom. The molecule has 4 N–H and O–H groups in total. The summed E-state index contributed by atoms with van der Waals surface area (Å²) in [5, 5.41) is 21.8. The number of nitrogen functional groups attached to an aromatic ring is 1. The van der Waals surface area contributed by atoms with Crippen LogP contribution in [0.1, 0.15) is 43.1 Å². The van der Waals surface area contributed by atoms with Gasteiger partial charge in [0.2, 0.25) is 5.82 Å². The van der Waals surface area contributed by atoms with Gasteiger partial charge in [-0.3, -0.25) is 20.2 Å². The van der Waals surface area contributed by atoms with Crippen molar-refractivity contribution < 1.29 is 9.31 Å². The van der Waals surface area contributed by atoms with Crippen LogP contribution in [0, 0.1) is 15.9 Å². The third kappa shape index (κ3) is 3.48. The molecule has 1 fully saturated rings. The van der Waals surface area contributed by atoms with E-state index in [1.54, 1.807) is 12.1 Å². The van der Waals surface area contributed by atoms with Crippen LogP contribution in [-0.2, 0) is 0 Å². The summed E-state index contributed by atoms with van der Waals surface area (Å²) in [7, 11) is 0. The van der Waals surface area contributed by atoms with Gasteiger partial charge in [-0.05, 0) is 44.0 Å². The number of halogens is 1. The lowest BCUT2D eigenvalue weighted by Crippen LogP contribution is -2.11. The fraction of sp³-hybridized carbons (Fsp3) is 0.278. The Morgan fingerprint density at radius 3 is 2.82 bits per heavy atom. The number of pyridine rings is 2. The number of nitrogens with zero attached hydrogens (tertiary/aromatic N) is 4. The first kappa shape index (κ1) is 17.8. The molecule has 3 aromatic rings. The molecular formula is C18H18FN7O2. The smallest absolute Gasteiger partial charge is 0.320 e. The van der Waals surface area contributed by atoms with E-state index in [-0.39, 0.29) is 23.1 Å². The number of nitrogens with one attached hydrogen (secondary N) is 2. The molecule has 1 atom stereocenters. The molecule has 144 valence electrons. The van der Waals surface area contributed by atoms with Crippen molar-refractivity contribution in [3.8, 4) is 11.3 Å². The van der Waals surface area contributed by atoms with Gasteiger partial charge in [-0.25, -0.2) is 9.37 Å². The van der Waals surface area contributed by atoms with Crippen molar-refractivity contribution in [2.45, 2.75) is 31.7 Å². The highest BCUT2D eigenvalue weighted by Crippen LogP contribution is 2.41. The standard InChI is InChI=1S/C18H18FN7O2/c1-9(13-5-4-11(19)8-21-13)22-16-6-12(17(26(27)28)18(20)23-16)15-7-14(24-25-15)10-2-3-10/h4-10H,2-3H2,1H3,(H,24,25)(H3,20,22,23)/t9-/m0/s1. The van der Waals surface area contributed by atoms with Crippen LogP contribution in [0.4, 0.5) is 21.7 Å². The minimum absolute atomic E-state index is 0.208. The van der Waals surface area contributed by atoms with E-state index < -0.39 is 10.7 Å². The molecule has 28 heavy (non-hydrogen) atoms. The monoisotopic (exact) mass is 383 g/mol.